The van der Waals surface area contributed by atoms with E-state index in [1.807, 2.05) is 12.5 Å². The van der Waals surface area contributed by atoms with Crippen molar-refractivity contribution >= 4 is 11.8 Å². The largest absolute Gasteiger partial charge is 0.332 e. The van der Waals surface area contributed by atoms with Crippen LogP contribution in [-0.2, 0) is 6.42 Å². The Hall–Kier alpha value is -0.440. The van der Waals surface area contributed by atoms with Crippen LogP contribution in [0, 0.1) is 0 Å². The number of nitrogens with zero attached hydrogens (tertiary/aromatic N) is 2. The average molecular weight is 196 g/mol. The van der Waals surface area contributed by atoms with E-state index in [1.54, 1.807) is 0 Å². The van der Waals surface area contributed by atoms with Crippen LogP contribution in [0.4, 0.5) is 0 Å². The van der Waals surface area contributed by atoms with Gasteiger partial charge in [0.25, 0.3) is 0 Å². The quantitative estimate of drug-likeness (QED) is 0.723. The van der Waals surface area contributed by atoms with Crippen molar-refractivity contribution in [1.82, 2.24) is 9.55 Å². The molecule has 2 nitrogen and oxygen atoms in total. The maximum atomic E-state index is 4.22. The van der Waals surface area contributed by atoms with Crippen LogP contribution < -0.4 is 0 Å². The number of aryl methyl sites for hydroxylation is 1. The summed E-state index contributed by atoms with van der Waals surface area (Å²) in [5.41, 5.74) is 1.39. The molecule has 1 aliphatic heterocycles. The van der Waals surface area contributed by atoms with E-state index in [0.717, 1.165) is 12.5 Å². The molecular weight excluding hydrogens is 180 g/mol. The van der Waals surface area contributed by atoms with Gasteiger partial charge < -0.3 is 4.57 Å². The smallest absolute Gasteiger partial charge is 0.0950 e. The molecule has 0 N–H and O–H groups in total. The molecule has 13 heavy (non-hydrogen) atoms. The van der Waals surface area contributed by atoms with Gasteiger partial charge in [0.1, 0.15) is 0 Å². The topological polar surface area (TPSA) is 17.8 Å². The van der Waals surface area contributed by atoms with Crippen molar-refractivity contribution in [1.29, 1.82) is 0 Å². The predicted molar refractivity (Wildman–Crippen MR) is 57.2 cm³/mol. The normalized spacial score (nSPS) is 19.2. The van der Waals surface area contributed by atoms with Crippen LogP contribution in [-0.4, -0.2) is 21.1 Å². The van der Waals surface area contributed by atoms with Gasteiger partial charge in [-0.25, -0.2) is 4.98 Å². The Morgan fingerprint density at radius 2 is 2.31 bits per heavy atom. The summed E-state index contributed by atoms with van der Waals surface area (Å²) in [6, 6.07) is 0.721. The van der Waals surface area contributed by atoms with Crippen molar-refractivity contribution in [3.63, 3.8) is 0 Å². The molecule has 0 radical (unpaired) electrons. The first kappa shape index (κ1) is 9.13. The van der Waals surface area contributed by atoms with Crippen LogP contribution in [0.2, 0.25) is 0 Å². The fourth-order valence-electron chi connectivity index (χ4n) is 1.90. The van der Waals surface area contributed by atoms with E-state index in [9.17, 15) is 0 Å². The molecule has 0 saturated carbocycles. The summed E-state index contributed by atoms with van der Waals surface area (Å²) in [5.74, 6) is 2.62. The Bertz CT molecular complexity index is 264. The Kier molecular flexibility index (Phi) is 2.94. The summed E-state index contributed by atoms with van der Waals surface area (Å²) in [5, 5.41) is 0. The fourth-order valence-corrected chi connectivity index (χ4v) is 2.98. The van der Waals surface area contributed by atoms with Gasteiger partial charge in [0.15, 0.2) is 0 Å². The highest BCUT2D eigenvalue weighted by Gasteiger charge is 2.16. The molecule has 0 atom stereocenters. The van der Waals surface area contributed by atoms with Gasteiger partial charge in [-0.15, -0.1) is 0 Å². The lowest BCUT2D eigenvalue weighted by molar-refractivity contribution is 0.457. The van der Waals surface area contributed by atoms with Gasteiger partial charge in [0, 0.05) is 17.9 Å². The second-order valence-corrected chi connectivity index (χ2v) is 4.71. The molecule has 1 aliphatic rings. The van der Waals surface area contributed by atoms with Crippen LogP contribution in [0.15, 0.2) is 12.5 Å². The molecule has 1 aromatic heterocycles. The summed E-state index contributed by atoms with van der Waals surface area (Å²) in [6.45, 7) is 2.20. The Morgan fingerprint density at radius 3 is 3.00 bits per heavy atom. The van der Waals surface area contributed by atoms with Gasteiger partial charge in [0.2, 0.25) is 0 Å². The maximum absolute atomic E-state index is 4.22. The minimum Gasteiger partial charge on any atom is -0.332 e. The van der Waals surface area contributed by atoms with Crippen LogP contribution >= 0.6 is 11.8 Å². The molecule has 0 unspecified atom stereocenters. The number of rotatable bonds is 2. The average Bonchev–Trinajstić information content (AvgIpc) is 2.67. The minimum absolute atomic E-state index is 0.721. The van der Waals surface area contributed by atoms with Gasteiger partial charge >= 0.3 is 0 Å². The van der Waals surface area contributed by atoms with Gasteiger partial charge in [-0.05, 0) is 30.8 Å². The molecule has 3 heteroatoms. The number of aromatic nitrogens is 2. The number of hydrogen-bond acceptors (Lipinski definition) is 2. The molecule has 0 amide bonds. The second-order valence-electron chi connectivity index (χ2n) is 3.49. The van der Waals surface area contributed by atoms with E-state index in [0.29, 0.717) is 0 Å². The molecule has 72 valence electrons. The van der Waals surface area contributed by atoms with Gasteiger partial charge in [0.05, 0.1) is 6.33 Å². The zero-order valence-electron chi connectivity index (χ0n) is 8.07. The minimum atomic E-state index is 0.721. The first-order valence-corrected chi connectivity index (χ1v) is 6.15. The predicted octanol–water partition coefficient (Wildman–Crippen LogP) is 2.51. The molecule has 1 fully saturated rings. The third kappa shape index (κ3) is 1.90. The van der Waals surface area contributed by atoms with Crippen LogP contribution in [0.3, 0.4) is 0 Å². The monoisotopic (exact) mass is 196 g/mol. The van der Waals surface area contributed by atoms with E-state index >= 15 is 0 Å². The van der Waals surface area contributed by atoms with Crippen molar-refractivity contribution in [2.24, 2.45) is 0 Å². The molecule has 0 aliphatic carbocycles. The molecular formula is C10H16N2S. The standard InChI is InChI=1S/C10H16N2S/c1-2-9-7-11-8-12(9)10-3-5-13-6-4-10/h7-8,10H,2-6H2,1H3. The lowest BCUT2D eigenvalue weighted by Crippen LogP contribution is -2.16. The Labute approximate surface area is 83.7 Å². The highest BCUT2D eigenvalue weighted by Crippen LogP contribution is 2.27. The van der Waals surface area contributed by atoms with Crippen molar-refractivity contribution in [2.75, 3.05) is 11.5 Å². The van der Waals surface area contributed by atoms with Gasteiger partial charge in [-0.2, -0.15) is 11.8 Å². The SMILES string of the molecule is CCc1cncn1C1CCSCC1. The van der Waals surface area contributed by atoms with E-state index in [1.165, 1.54) is 30.0 Å². The highest BCUT2D eigenvalue weighted by atomic mass is 32.2. The fraction of sp³-hybridized carbons (Fsp3) is 0.700. The highest BCUT2D eigenvalue weighted by molar-refractivity contribution is 7.99. The molecule has 1 aromatic rings. The second kappa shape index (κ2) is 4.18. The van der Waals surface area contributed by atoms with Crippen LogP contribution in [0.25, 0.3) is 0 Å². The summed E-state index contributed by atoms with van der Waals surface area (Å²) in [7, 11) is 0. The van der Waals surface area contributed by atoms with E-state index in [-0.39, 0.29) is 0 Å². The van der Waals surface area contributed by atoms with Crippen LogP contribution in [0.1, 0.15) is 31.5 Å². The zero-order chi connectivity index (χ0) is 9.10. The van der Waals surface area contributed by atoms with Crippen molar-refractivity contribution in [3.8, 4) is 0 Å². The zero-order valence-corrected chi connectivity index (χ0v) is 8.89. The summed E-state index contributed by atoms with van der Waals surface area (Å²) < 4.78 is 2.37. The Balaban J connectivity index is 2.13. The van der Waals surface area contributed by atoms with Crippen LogP contribution in [0.5, 0.6) is 0 Å². The summed E-state index contributed by atoms with van der Waals surface area (Å²) >= 11 is 2.08. The van der Waals surface area contributed by atoms with E-state index in [4.69, 9.17) is 0 Å². The maximum Gasteiger partial charge on any atom is 0.0950 e. The molecule has 2 rings (SSSR count). The van der Waals surface area contributed by atoms with Crippen molar-refractivity contribution in [2.45, 2.75) is 32.2 Å². The third-order valence-electron chi connectivity index (χ3n) is 2.69. The van der Waals surface area contributed by atoms with E-state index in [2.05, 4.69) is 28.2 Å². The molecule has 0 aromatic carbocycles. The third-order valence-corrected chi connectivity index (χ3v) is 3.74. The summed E-state index contributed by atoms with van der Waals surface area (Å²) in [6.07, 6.45) is 7.73. The Morgan fingerprint density at radius 1 is 1.54 bits per heavy atom. The molecule has 0 bridgehead atoms. The number of thioether (sulfide) groups is 1. The van der Waals surface area contributed by atoms with Gasteiger partial charge in [-0.3, -0.25) is 0 Å². The molecule has 1 saturated heterocycles. The first-order chi connectivity index (χ1) is 6.42. The van der Waals surface area contributed by atoms with Gasteiger partial charge in [-0.1, -0.05) is 6.92 Å². The first-order valence-electron chi connectivity index (χ1n) is 5.00. The molecule has 0 spiro atoms. The summed E-state index contributed by atoms with van der Waals surface area (Å²) in [4.78, 5) is 4.22. The number of hydrogen-bond donors (Lipinski definition) is 0. The van der Waals surface area contributed by atoms with Crippen molar-refractivity contribution in [3.05, 3.63) is 18.2 Å². The van der Waals surface area contributed by atoms with Crippen molar-refractivity contribution < 1.29 is 0 Å². The molecule has 2 heterocycles. The lowest BCUT2D eigenvalue weighted by Gasteiger charge is -2.24. The lowest BCUT2D eigenvalue weighted by atomic mass is 10.1. The number of imidazole rings is 1. The van der Waals surface area contributed by atoms with E-state index < -0.39 is 0 Å².